The predicted octanol–water partition coefficient (Wildman–Crippen LogP) is 4.01. The first kappa shape index (κ1) is 10.1. The van der Waals surface area contributed by atoms with Gasteiger partial charge < -0.3 is 0 Å². The van der Waals surface area contributed by atoms with Gasteiger partial charge in [-0.3, -0.25) is 0 Å². The Bertz CT molecular complexity index is 313. The summed E-state index contributed by atoms with van der Waals surface area (Å²) in [6, 6.07) is 8.19. The highest BCUT2D eigenvalue weighted by Crippen LogP contribution is 2.15. The summed E-state index contributed by atoms with van der Waals surface area (Å²) in [6.45, 7) is 7.43. The van der Waals surface area contributed by atoms with Crippen molar-refractivity contribution in [2.45, 2.75) is 12.8 Å². The molecule has 0 nitrogen and oxygen atoms in total. The third-order valence-electron chi connectivity index (χ3n) is 1.94. The highest BCUT2D eigenvalue weighted by Gasteiger charge is 1.98. The van der Waals surface area contributed by atoms with E-state index in [1.807, 2.05) is 18.2 Å². The Kier molecular flexibility index (Phi) is 3.78. The van der Waals surface area contributed by atoms with E-state index >= 15 is 0 Å². The lowest BCUT2D eigenvalue weighted by Crippen LogP contribution is -1.88. The van der Waals surface area contributed by atoms with Gasteiger partial charge in [0.15, 0.2) is 0 Å². The lowest BCUT2D eigenvalue weighted by atomic mass is 10.0. The van der Waals surface area contributed by atoms with Gasteiger partial charge in [0.2, 0.25) is 0 Å². The first-order chi connectivity index (χ1) is 6.24. The Morgan fingerprint density at radius 1 is 1.38 bits per heavy atom. The average molecular weight is 193 g/mol. The molecule has 0 unspecified atom stereocenters. The van der Waals surface area contributed by atoms with Crippen LogP contribution < -0.4 is 0 Å². The summed E-state index contributed by atoms with van der Waals surface area (Å²) in [5.41, 5.74) is 2.46. The Balaban J connectivity index is 2.75. The van der Waals surface area contributed by atoms with Crippen LogP contribution in [0.25, 0.3) is 6.08 Å². The first-order valence-electron chi connectivity index (χ1n) is 4.27. The van der Waals surface area contributed by atoms with Gasteiger partial charge >= 0.3 is 0 Å². The van der Waals surface area contributed by atoms with Gasteiger partial charge in [0.05, 0.1) is 0 Å². The summed E-state index contributed by atoms with van der Waals surface area (Å²) in [6.07, 6.45) is 3.63. The van der Waals surface area contributed by atoms with Crippen LogP contribution in [0.3, 0.4) is 0 Å². The summed E-state index contributed by atoms with van der Waals surface area (Å²) in [5.74, 6) is 0. The fourth-order valence-electron chi connectivity index (χ4n) is 1.23. The van der Waals surface area contributed by atoms with Crippen molar-refractivity contribution in [3.8, 4) is 0 Å². The zero-order valence-corrected chi connectivity index (χ0v) is 8.35. The van der Waals surface area contributed by atoms with Crippen molar-refractivity contribution >= 4 is 17.7 Å². The van der Waals surface area contributed by atoms with Crippen LogP contribution in [0.5, 0.6) is 0 Å². The van der Waals surface area contributed by atoms with E-state index in [-0.39, 0.29) is 0 Å². The number of benzene rings is 1. The third-order valence-corrected chi connectivity index (χ3v) is 2.13. The minimum atomic E-state index is 0.707. The molecule has 0 fully saturated rings. The van der Waals surface area contributed by atoms with Crippen molar-refractivity contribution in [3.05, 3.63) is 53.6 Å². The molecule has 1 aromatic carbocycles. The molecule has 68 valence electrons. The van der Waals surface area contributed by atoms with Gasteiger partial charge in [-0.1, -0.05) is 55.1 Å². The molecule has 1 rings (SSSR count). The largest absolute Gasteiger partial charge is 0.0985 e. The second kappa shape index (κ2) is 4.88. The smallest absolute Gasteiger partial charge is 0.0112 e. The molecule has 0 saturated carbocycles. The molecule has 1 heteroatoms. The second-order valence-electron chi connectivity index (χ2n) is 2.92. The van der Waals surface area contributed by atoms with Crippen LogP contribution in [0.1, 0.15) is 17.5 Å². The Morgan fingerprint density at radius 3 is 2.69 bits per heavy atom. The van der Waals surface area contributed by atoms with Gasteiger partial charge in [0.25, 0.3) is 0 Å². The Morgan fingerprint density at radius 2 is 2.08 bits per heavy atom. The van der Waals surface area contributed by atoms with Gasteiger partial charge in [0, 0.05) is 5.03 Å². The molecule has 0 atom stereocenters. The maximum atomic E-state index is 5.70. The Hall–Kier alpha value is -1.01. The van der Waals surface area contributed by atoms with Crippen LogP contribution in [0.2, 0.25) is 0 Å². The highest BCUT2D eigenvalue weighted by molar-refractivity contribution is 6.29. The maximum absolute atomic E-state index is 5.70. The molecule has 0 heterocycles. The highest BCUT2D eigenvalue weighted by atomic mass is 35.5. The SMILES string of the molecule is C=Cc1ccccc1CCC(=C)Cl. The molecule has 13 heavy (non-hydrogen) atoms. The number of halogens is 1. The van der Waals surface area contributed by atoms with Gasteiger partial charge in [-0.25, -0.2) is 0 Å². The van der Waals surface area contributed by atoms with Crippen molar-refractivity contribution in [1.29, 1.82) is 0 Å². The molecular weight excluding hydrogens is 180 g/mol. The molecule has 0 amide bonds. The van der Waals surface area contributed by atoms with Crippen molar-refractivity contribution < 1.29 is 0 Å². The number of rotatable bonds is 4. The number of hydrogen-bond acceptors (Lipinski definition) is 0. The van der Waals surface area contributed by atoms with Crippen LogP contribution in [-0.4, -0.2) is 0 Å². The van der Waals surface area contributed by atoms with Gasteiger partial charge in [0.1, 0.15) is 0 Å². The van der Waals surface area contributed by atoms with Crippen molar-refractivity contribution in [2.24, 2.45) is 0 Å². The molecule has 1 aromatic rings. The summed E-state index contributed by atoms with van der Waals surface area (Å²) >= 11 is 5.70. The van der Waals surface area contributed by atoms with E-state index < -0.39 is 0 Å². The lowest BCUT2D eigenvalue weighted by molar-refractivity contribution is 0.986. The normalized spacial score (nSPS) is 9.62. The van der Waals surface area contributed by atoms with E-state index in [0.717, 1.165) is 12.8 Å². The zero-order valence-electron chi connectivity index (χ0n) is 7.59. The van der Waals surface area contributed by atoms with Crippen LogP contribution in [0, 0.1) is 0 Å². The molecular formula is C12H13Cl. The summed E-state index contributed by atoms with van der Waals surface area (Å²) in [5, 5.41) is 0.707. The molecule has 0 bridgehead atoms. The minimum Gasteiger partial charge on any atom is -0.0985 e. The van der Waals surface area contributed by atoms with Crippen molar-refractivity contribution in [2.75, 3.05) is 0 Å². The summed E-state index contributed by atoms with van der Waals surface area (Å²) < 4.78 is 0. The molecule has 0 aliphatic heterocycles. The predicted molar refractivity (Wildman–Crippen MR) is 59.8 cm³/mol. The van der Waals surface area contributed by atoms with Crippen molar-refractivity contribution in [3.63, 3.8) is 0 Å². The second-order valence-corrected chi connectivity index (χ2v) is 3.45. The van der Waals surface area contributed by atoms with Crippen molar-refractivity contribution in [1.82, 2.24) is 0 Å². The van der Waals surface area contributed by atoms with E-state index in [1.165, 1.54) is 11.1 Å². The maximum Gasteiger partial charge on any atom is 0.0112 e. The number of hydrogen-bond donors (Lipinski definition) is 0. The first-order valence-corrected chi connectivity index (χ1v) is 4.65. The Labute approximate surface area is 84.5 Å². The van der Waals surface area contributed by atoms with E-state index in [0.29, 0.717) is 5.03 Å². The summed E-state index contributed by atoms with van der Waals surface area (Å²) in [7, 11) is 0. The lowest BCUT2D eigenvalue weighted by Gasteiger charge is -2.04. The standard InChI is InChI=1S/C12H13Cl/c1-3-11-6-4-5-7-12(11)9-8-10(2)13/h3-7H,1-2,8-9H2. The summed E-state index contributed by atoms with van der Waals surface area (Å²) in [4.78, 5) is 0. The van der Waals surface area contributed by atoms with E-state index in [1.54, 1.807) is 0 Å². The van der Waals surface area contributed by atoms with Gasteiger partial charge in [-0.2, -0.15) is 0 Å². The van der Waals surface area contributed by atoms with Crippen LogP contribution >= 0.6 is 11.6 Å². The number of allylic oxidation sites excluding steroid dienone is 1. The fourth-order valence-corrected chi connectivity index (χ4v) is 1.33. The third kappa shape index (κ3) is 3.08. The van der Waals surface area contributed by atoms with E-state index in [9.17, 15) is 0 Å². The molecule has 0 N–H and O–H groups in total. The minimum absolute atomic E-state index is 0.707. The zero-order chi connectivity index (χ0) is 9.68. The monoisotopic (exact) mass is 192 g/mol. The van der Waals surface area contributed by atoms with Crippen LogP contribution in [0.15, 0.2) is 42.5 Å². The molecule has 0 aliphatic rings. The molecule has 0 saturated heterocycles. The van der Waals surface area contributed by atoms with E-state index in [2.05, 4.69) is 25.3 Å². The quantitative estimate of drug-likeness (QED) is 0.676. The van der Waals surface area contributed by atoms with Crippen LogP contribution in [-0.2, 0) is 6.42 Å². The number of aryl methyl sites for hydroxylation is 1. The van der Waals surface area contributed by atoms with Gasteiger partial charge in [-0.15, -0.1) is 0 Å². The van der Waals surface area contributed by atoms with E-state index in [4.69, 9.17) is 11.6 Å². The molecule has 0 aliphatic carbocycles. The molecule has 0 aromatic heterocycles. The fraction of sp³-hybridized carbons (Fsp3) is 0.167. The van der Waals surface area contributed by atoms with Crippen LogP contribution in [0.4, 0.5) is 0 Å². The average Bonchev–Trinajstić information content (AvgIpc) is 2.15. The van der Waals surface area contributed by atoms with Gasteiger partial charge in [-0.05, 0) is 24.0 Å². The molecule has 0 spiro atoms. The molecule has 0 radical (unpaired) electrons. The topological polar surface area (TPSA) is 0 Å².